The van der Waals surface area contributed by atoms with Gasteiger partial charge >= 0.3 is 5.97 Å². The Morgan fingerprint density at radius 2 is 1.55 bits per heavy atom. The number of hydrogen-bond donors (Lipinski definition) is 3. The summed E-state index contributed by atoms with van der Waals surface area (Å²) in [5.41, 5.74) is 7.54. The highest BCUT2D eigenvalue weighted by Gasteiger charge is 2.20. The summed E-state index contributed by atoms with van der Waals surface area (Å²) in [4.78, 5) is 22.1. The number of benzene rings is 3. The van der Waals surface area contributed by atoms with Crippen LogP contribution in [0, 0.1) is 0 Å². The topological polar surface area (TPSA) is 119 Å². The SMILES string of the molecule is NC(=O)C(O)c1ccc(Oc2ccc(-c3ccccc3)cc2)cc1OCCCC(=O)O. The highest BCUT2D eigenvalue weighted by Crippen LogP contribution is 2.33. The molecule has 0 radical (unpaired) electrons. The van der Waals surface area contributed by atoms with Gasteiger partial charge in [-0.3, -0.25) is 9.59 Å². The Bertz CT molecular complexity index is 1030. The van der Waals surface area contributed by atoms with E-state index in [2.05, 4.69) is 0 Å². The lowest BCUT2D eigenvalue weighted by molar-refractivity contribution is -0.137. The molecule has 0 aliphatic heterocycles. The fourth-order valence-electron chi connectivity index (χ4n) is 2.97. The third-order valence-corrected chi connectivity index (χ3v) is 4.54. The minimum absolute atomic E-state index is 0.0579. The average molecular weight is 421 g/mol. The van der Waals surface area contributed by atoms with Crippen LogP contribution in [0.5, 0.6) is 17.2 Å². The van der Waals surface area contributed by atoms with Crippen molar-refractivity contribution in [2.24, 2.45) is 5.73 Å². The van der Waals surface area contributed by atoms with E-state index in [0.717, 1.165) is 11.1 Å². The first-order chi connectivity index (χ1) is 14.9. The second kappa shape index (κ2) is 10.3. The van der Waals surface area contributed by atoms with Gasteiger partial charge in [-0.1, -0.05) is 42.5 Å². The summed E-state index contributed by atoms with van der Waals surface area (Å²) in [6.07, 6.45) is -1.33. The highest BCUT2D eigenvalue weighted by molar-refractivity contribution is 5.81. The van der Waals surface area contributed by atoms with Crippen molar-refractivity contribution in [2.75, 3.05) is 6.61 Å². The summed E-state index contributed by atoms with van der Waals surface area (Å²) < 4.78 is 11.5. The third-order valence-electron chi connectivity index (χ3n) is 4.54. The van der Waals surface area contributed by atoms with Crippen LogP contribution in [0.25, 0.3) is 11.1 Å². The number of primary amides is 1. The van der Waals surface area contributed by atoms with Gasteiger partial charge in [-0.15, -0.1) is 0 Å². The Labute approximate surface area is 179 Å². The Kier molecular flexibility index (Phi) is 7.24. The summed E-state index contributed by atoms with van der Waals surface area (Å²) >= 11 is 0. The molecule has 1 unspecified atom stereocenters. The minimum atomic E-state index is -1.55. The molecule has 1 amide bonds. The van der Waals surface area contributed by atoms with Crippen LogP contribution in [-0.4, -0.2) is 28.7 Å². The fraction of sp³-hybridized carbons (Fsp3) is 0.167. The van der Waals surface area contributed by atoms with Crippen LogP contribution in [0.2, 0.25) is 0 Å². The summed E-state index contributed by atoms with van der Waals surface area (Å²) in [5, 5.41) is 18.8. The van der Waals surface area contributed by atoms with E-state index >= 15 is 0 Å². The monoisotopic (exact) mass is 421 g/mol. The largest absolute Gasteiger partial charge is 0.493 e. The van der Waals surface area contributed by atoms with Crippen LogP contribution in [0.15, 0.2) is 72.8 Å². The number of amides is 1. The molecule has 0 aliphatic carbocycles. The highest BCUT2D eigenvalue weighted by atomic mass is 16.5. The number of carbonyl (C=O) groups is 2. The molecule has 160 valence electrons. The zero-order chi connectivity index (χ0) is 22.2. The van der Waals surface area contributed by atoms with Crippen LogP contribution < -0.4 is 15.2 Å². The van der Waals surface area contributed by atoms with Crippen LogP contribution in [0.4, 0.5) is 0 Å². The molecule has 0 heterocycles. The summed E-state index contributed by atoms with van der Waals surface area (Å²) in [6.45, 7) is 0.0972. The molecule has 31 heavy (non-hydrogen) atoms. The smallest absolute Gasteiger partial charge is 0.303 e. The molecule has 0 aromatic heterocycles. The van der Waals surface area contributed by atoms with Crippen molar-refractivity contribution in [3.05, 3.63) is 78.4 Å². The standard InChI is InChI=1S/C24H23NO6/c25-24(29)23(28)20-13-12-19(15-21(20)30-14-4-7-22(26)27)31-18-10-8-17(9-11-18)16-5-2-1-3-6-16/h1-3,5-6,8-13,15,23,28H,4,7,14H2,(H2,25,29)(H,26,27). The first-order valence-corrected chi connectivity index (χ1v) is 9.73. The minimum Gasteiger partial charge on any atom is -0.493 e. The summed E-state index contributed by atoms with van der Waals surface area (Å²) in [6, 6.07) is 22.1. The maximum Gasteiger partial charge on any atom is 0.303 e. The van der Waals surface area contributed by atoms with E-state index in [4.69, 9.17) is 20.3 Å². The van der Waals surface area contributed by atoms with E-state index in [1.165, 1.54) is 12.1 Å². The number of aliphatic hydroxyl groups excluding tert-OH is 1. The van der Waals surface area contributed by atoms with Gasteiger partial charge in [-0.25, -0.2) is 0 Å². The van der Waals surface area contributed by atoms with Crippen molar-refractivity contribution in [3.63, 3.8) is 0 Å². The Hall–Kier alpha value is -3.84. The lowest BCUT2D eigenvalue weighted by atomic mass is 10.1. The quantitative estimate of drug-likeness (QED) is 0.427. The molecule has 0 fully saturated rings. The molecule has 1 atom stereocenters. The maximum atomic E-state index is 11.4. The van der Waals surface area contributed by atoms with E-state index < -0.39 is 18.0 Å². The molecule has 3 aromatic carbocycles. The van der Waals surface area contributed by atoms with Gasteiger partial charge in [0.1, 0.15) is 17.2 Å². The van der Waals surface area contributed by atoms with Gasteiger partial charge in [0, 0.05) is 18.1 Å². The molecule has 3 aromatic rings. The van der Waals surface area contributed by atoms with Crippen molar-refractivity contribution >= 4 is 11.9 Å². The van der Waals surface area contributed by atoms with Crippen LogP contribution in [0.3, 0.4) is 0 Å². The van der Waals surface area contributed by atoms with E-state index in [-0.39, 0.29) is 30.8 Å². The van der Waals surface area contributed by atoms with Crippen molar-refractivity contribution in [1.29, 1.82) is 0 Å². The van der Waals surface area contributed by atoms with E-state index in [9.17, 15) is 14.7 Å². The van der Waals surface area contributed by atoms with Gasteiger partial charge in [0.25, 0.3) is 5.91 Å². The van der Waals surface area contributed by atoms with Crippen molar-refractivity contribution < 1.29 is 29.3 Å². The van der Waals surface area contributed by atoms with Gasteiger partial charge in [0.15, 0.2) is 6.10 Å². The van der Waals surface area contributed by atoms with Crippen molar-refractivity contribution in [2.45, 2.75) is 18.9 Å². The summed E-state index contributed by atoms with van der Waals surface area (Å²) in [7, 11) is 0. The molecule has 7 nitrogen and oxygen atoms in total. The molecule has 0 aliphatic rings. The number of carboxylic acid groups (broad SMARTS) is 1. The lowest BCUT2D eigenvalue weighted by Crippen LogP contribution is -2.21. The second-order valence-corrected chi connectivity index (χ2v) is 6.84. The van der Waals surface area contributed by atoms with E-state index in [0.29, 0.717) is 11.5 Å². The number of hydrogen-bond acceptors (Lipinski definition) is 5. The van der Waals surface area contributed by atoms with Crippen molar-refractivity contribution in [3.8, 4) is 28.4 Å². The zero-order valence-corrected chi connectivity index (χ0v) is 16.7. The molecule has 7 heteroatoms. The van der Waals surface area contributed by atoms with Crippen LogP contribution in [0.1, 0.15) is 24.5 Å². The third kappa shape index (κ3) is 6.07. The Morgan fingerprint density at radius 1 is 0.903 bits per heavy atom. The molecule has 0 saturated carbocycles. The van der Waals surface area contributed by atoms with E-state index in [1.54, 1.807) is 6.07 Å². The van der Waals surface area contributed by atoms with E-state index in [1.807, 2.05) is 54.6 Å². The molecule has 3 rings (SSSR count). The molecular weight excluding hydrogens is 398 g/mol. The number of nitrogens with two attached hydrogens (primary N) is 1. The van der Waals surface area contributed by atoms with Crippen LogP contribution >= 0.6 is 0 Å². The molecular formula is C24H23NO6. The normalized spacial score (nSPS) is 11.5. The fourth-order valence-corrected chi connectivity index (χ4v) is 2.97. The van der Waals surface area contributed by atoms with Gasteiger partial charge < -0.3 is 25.4 Å². The average Bonchev–Trinajstić information content (AvgIpc) is 2.77. The summed E-state index contributed by atoms with van der Waals surface area (Å²) in [5.74, 6) is -0.617. The predicted octanol–water partition coefficient (Wildman–Crippen LogP) is 3.91. The van der Waals surface area contributed by atoms with Gasteiger partial charge in [0.2, 0.25) is 0 Å². The number of aliphatic carboxylic acids is 1. The number of ether oxygens (including phenoxy) is 2. The second-order valence-electron chi connectivity index (χ2n) is 6.84. The number of carboxylic acids is 1. The molecule has 0 spiro atoms. The van der Waals surface area contributed by atoms with Gasteiger partial charge in [-0.05, 0) is 41.8 Å². The van der Waals surface area contributed by atoms with Crippen molar-refractivity contribution in [1.82, 2.24) is 0 Å². The molecule has 0 bridgehead atoms. The number of rotatable bonds is 10. The number of aliphatic hydroxyl groups is 1. The Balaban J connectivity index is 1.76. The molecule has 0 saturated heterocycles. The first kappa shape index (κ1) is 21.9. The predicted molar refractivity (Wildman–Crippen MR) is 115 cm³/mol. The van der Waals surface area contributed by atoms with Crippen LogP contribution in [-0.2, 0) is 9.59 Å². The first-order valence-electron chi connectivity index (χ1n) is 9.73. The maximum absolute atomic E-state index is 11.4. The van der Waals surface area contributed by atoms with Gasteiger partial charge in [-0.2, -0.15) is 0 Å². The Morgan fingerprint density at radius 3 is 2.19 bits per heavy atom. The molecule has 4 N–H and O–H groups in total. The zero-order valence-electron chi connectivity index (χ0n) is 16.7. The number of carbonyl (C=O) groups excluding carboxylic acids is 1. The van der Waals surface area contributed by atoms with Gasteiger partial charge in [0.05, 0.1) is 6.61 Å². The lowest BCUT2D eigenvalue weighted by Gasteiger charge is -2.16.